The highest BCUT2D eigenvalue weighted by Crippen LogP contribution is 2.34. The first-order chi connectivity index (χ1) is 21.3. The molecule has 2 aromatic heterocycles. The number of ether oxygens (including phenoxy) is 2. The van der Waals surface area contributed by atoms with E-state index in [0.717, 1.165) is 15.6 Å². The topological polar surface area (TPSA) is 130 Å². The highest BCUT2D eigenvalue weighted by atomic mass is 32.1. The lowest BCUT2D eigenvalue weighted by molar-refractivity contribution is -0.384. The van der Waals surface area contributed by atoms with E-state index < -0.39 is 22.9 Å². The van der Waals surface area contributed by atoms with Crippen LogP contribution in [0.15, 0.2) is 99.2 Å². The normalized spacial score (nSPS) is 14.7. The average Bonchev–Trinajstić information content (AvgIpc) is 3.66. The van der Waals surface area contributed by atoms with Crippen LogP contribution in [0.25, 0.3) is 16.8 Å². The van der Waals surface area contributed by atoms with Gasteiger partial charge in [-0.05, 0) is 60.3 Å². The minimum absolute atomic E-state index is 0.131. The second kappa shape index (κ2) is 11.8. The zero-order chi connectivity index (χ0) is 31.0. The number of allylic oxidation sites excluding steroid dienone is 1. The number of rotatable bonds is 7. The summed E-state index contributed by atoms with van der Waals surface area (Å²) in [6.07, 6.45) is 1.67. The molecule has 0 bridgehead atoms. The Kier molecular flexibility index (Phi) is 7.77. The third kappa shape index (κ3) is 5.25. The van der Waals surface area contributed by atoms with Crippen molar-refractivity contribution in [2.45, 2.75) is 19.9 Å². The number of hydrogen-bond acceptors (Lipinski definition) is 10. The third-order valence-corrected chi connectivity index (χ3v) is 8.96. The highest BCUT2D eigenvalue weighted by Gasteiger charge is 2.34. The molecule has 0 unspecified atom stereocenters. The van der Waals surface area contributed by atoms with E-state index in [0.29, 0.717) is 26.2 Å². The van der Waals surface area contributed by atoms with Crippen molar-refractivity contribution in [3.63, 3.8) is 0 Å². The Hall–Kier alpha value is -5.20. The van der Waals surface area contributed by atoms with Crippen molar-refractivity contribution in [2.24, 2.45) is 4.99 Å². The number of aromatic nitrogens is 1. The molecule has 5 aromatic rings. The quantitative estimate of drug-likeness (QED) is 0.106. The van der Waals surface area contributed by atoms with Crippen molar-refractivity contribution in [1.82, 2.24) is 4.57 Å². The molecule has 12 heteroatoms. The first-order valence-corrected chi connectivity index (χ1v) is 15.2. The van der Waals surface area contributed by atoms with Gasteiger partial charge in [-0.15, -0.1) is 11.3 Å². The highest BCUT2D eigenvalue weighted by molar-refractivity contribution is 7.10. The number of benzene rings is 3. The van der Waals surface area contributed by atoms with Crippen LogP contribution in [0.3, 0.4) is 0 Å². The summed E-state index contributed by atoms with van der Waals surface area (Å²) in [5.41, 5.74) is 0.894. The van der Waals surface area contributed by atoms with Crippen molar-refractivity contribution in [3.05, 3.63) is 135 Å². The maximum absolute atomic E-state index is 14.1. The van der Waals surface area contributed by atoms with E-state index in [-0.39, 0.29) is 29.2 Å². The number of nitro groups is 1. The van der Waals surface area contributed by atoms with E-state index >= 15 is 0 Å². The Labute approximate surface area is 257 Å². The largest absolute Gasteiger partial charge is 0.463 e. The van der Waals surface area contributed by atoms with Crippen molar-refractivity contribution in [2.75, 3.05) is 6.61 Å². The Balaban J connectivity index is 1.50. The summed E-state index contributed by atoms with van der Waals surface area (Å²) in [6, 6.07) is 19.1. The zero-order valence-electron chi connectivity index (χ0n) is 23.4. The number of esters is 2. The number of hydrogen-bond donors (Lipinski definition) is 0. The Morgan fingerprint density at radius 3 is 2.52 bits per heavy atom. The van der Waals surface area contributed by atoms with Gasteiger partial charge in [-0.2, -0.15) is 0 Å². The number of thiazole rings is 1. The molecule has 0 fully saturated rings. The van der Waals surface area contributed by atoms with E-state index in [9.17, 15) is 24.5 Å². The van der Waals surface area contributed by atoms with Gasteiger partial charge in [0.05, 0.1) is 32.9 Å². The van der Waals surface area contributed by atoms with Crippen molar-refractivity contribution in [1.29, 1.82) is 0 Å². The molecule has 3 heterocycles. The second-order valence-corrected chi connectivity index (χ2v) is 11.7. The van der Waals surface area contributed by atoms with Crippen LogP contribution in [0.2, 0.25) is 0 Å². The van der Waals surface area contributed by atoms with E-state index in [1.165, 1.54) is 51.5 Å². The molecule has 0 saturated carbocycles. The Bertz CT molecular complexity index is 2160. The fourth-order valence-corrected chi connectivity index (χ4v) is 6.88. The van der Waals surface area contributed by atoms with Crippen LogP contribution in [0.1, 0.15) is 40.7 Å². The molecule has 6 rings (SSSR count). The number of thiophene rings is 1. The van der Waals surface area contributed by atoms with Gasteiger partial charge in [-0.3, -0.25) is 19.5 Å². The predicted octanol–water partition coefficient (Wildman–Crippen LogP) is 5.14. The van der Waals surface area contributed by atoms with Gasteiger partial charge in [0.15, 0.2) is 4.80 Å². The molecule has 10 nitrogen and oxygen atoms in total. The average molecular weight is 626 g/mol. The lowest BCUT2D eigenvalue weighted by Gasteiger charge is -2.23. The van der Waals surface area contributed by atoms with E-state index in [2.05, 4.69) is 4.99 Å². The monoisotopic (exact) mass is 625 g/mol. The predicted molar refractivity (Wildman–Crippen MR) is 167 cm³/mol. The second-order valence-electron chi connectivity index (χ2n) is 9.71. The standard InChI is InChI=1S/C32H23N3O7S2/c1-3-41-31(38)27-18(2)33-32-34(28(27)25-9-6-16-43-25)29(36)26(44-32)17-23-22-8-5-4-7-19(22)12-15-24(23)42-30(37)20-10-13-21(14-11-20)35(39)40/h4-17,28H,3H2,1-2H3/b26-17-/t28-/m0/s1. The lowest BCUT2D eigenvalue weighted by atomic mass is 10.0. The molecule has 1 atom stereocenters. The van der Waals surface area contributed by atoms with E-state index in [1.54, 1.807) is 32.1 Å². The molecule has 0 spiro atoms. The molecule has 3 aromatic carbocycles. The number of carbonyl (C=O) groups excluding carboxylic acids is 2. The van der Waals surface area contributed by atoms with E-state index in [4.69, 9.17) is 9.47 Å². The molecular formula is C32H23N3O7S2. The summed E-state index contributed by atoms with van der Waals surface area (Å²) in [5, 5.41) is 14.5. The van der Waals surface area contributed by atoms with Crippen LogP contribution in [-0.2, 0) is 9.53 Å². The van der Waals surface area contributed by atoms with Gasteiger partial charge in [-0.1, -0.05) is 47.7 Å². The molecule has 220 valence electrons. The summed E-state index contributed by atoms with van der Waals surface area (Å²) in [6.45, 7) is 3.63. The van der Waals surface area contributed by atoms with Crippen molar-refractivity contribution in [3.8, 4) is 5.75 Å². The maximum Gasteiger partial charge on any atom is 0.343 e. The number of fused-ring (bicyclic) bond motifs is 2. The number of nitrogens with zero attached hydrogens (tertiary/aromatic N) is 3. The molecule has 0 aliphatic carbocycles. The zero-order valence-corrected chi connectivity index (χ0v) is 25.0. The fraction of sp³-hybridized carbons (Fsp3) is 0.125. The van der Waals surface area contributed by atoms with Crippen LogP contribution >= 0.6 is 22.7 Å². The maximum atomic E-state index is 14.1. The number of carbonyl (C=O) groups is 2. The minimum atomic E-state index is -0.710. The summed E-state index contributed by atoms with van der Waals surface area (Å²) < 4.78 is 13.0. The molecular weight excluding hydrogens is 603 g/mol. The Morgan fingerprint density at radius 2 is 1.82 bits per heavy atom. The first kappa shape index (κ1) is 28.9. The molecule has 0 saturated heterocycles. The van der Waals surface area contributed by atoms with Gasteiger partial charge in [0, 0.05) is 22.6 Å². The van der Waals surface area contributed by atoms with Gasteiger partial charge in [0.25, 0.3) is 11.2 Å². The summed E-state index contributed by atoms with van der Waals surface area (Å²) in [7, 11) is 0. The molecule has 1 aliphatic heterocycles. The molecule has 44 heavy (non-hydrogen) atoms. The molecule has 1 aliphatic rings. The number of nitro benzene ring substituents is 1. The number of non-ortho nitro benzene ring substituents is 1. The lowest BCUT2D eigenvalue weighted by Crippen LogP contribution is -2.39. The molecule has 0 N–H and O–H groups in total. The van der Waals surface area contributed by atoms with Gasteiger partial charge < -0.3 is 9.47 Å². The van der Waals surface area contributed by atoms with Crippen LogP contribution in [0.4, 0.5) is 5.69 Å². The van der Waals surface area contributed by atoms with Gasteiger partial charge in [-0.25, -0.2) is 14.6 Å². The van der Waals surface area contributed by atoms with Crippen LogP contribution < -0.4 is 19.6 Å². The summed E-state index contributed by atoms with van der Waals surface area (Å²) in [4.78, 5) is 56.5. The molecule has 0 radical (unpaired) electrons. The summed E-state index contributed by atoms with van der Waals surface area (Å²) >= 11 is 2.59. The minimum Gasteiger partial charge on any atom is -0.463 e. The van der Waals surface area contributed by atoms with Crippen molar-refractivity contribution < 1.29 is 24.0 Å². The van der Waals surface area contributed by atoms with E-state index in [1.807, 2.05) is 41.8 Å². The smallest absolute Gasteiger partial charge is 0.343 e. The Morgan fingerprint density at radius 1 is 1.05 bits per heavy atom. The van der Waals surface area contributed by atoms with Gasteiger partial charge in [0.1, 0.15) is 11.8 Å². The van der Waals surface area contributed by atoms with Gasteiger partial charge in [0.2, 0.25) is 0 Å². The van der Waals surface area contributed by atoms with Crippen LogP contribution in [-0.4, -0.2) is 28.0 Å². The molecule has 0 amide bonds. The summed E-state index contributed by atoms with van der Waals surface area (Å²) in [5.74, 6) is -1.04. The van der Waals surface area contributed by atoms with Crippen LogP contribution in [0, 0.1) is 10.1 Å². The first-order valence-electron chi connectivity index (χ1n) is 13.5. The SMILES string of the molecule is CCOC(=O)C1=C(C)N=c2s/c(=C\c3c(OC(=O)c4ccc([N+](=O)[O-])cc4)ccc4ccccc34)c(=O)n2[C@H]1c1cccs1. The fourth-order valence-electron chi connectivity index (χ4n) is 5.03. The van der Waals surface area contributed by atoms with Crippen LogP contribution in [0.5, 0.6) is 5.75 Å². The van der Waals surface area contributed by atoms with Crippen molar-refractivity contribution >= 4 is 57.1 Å². The van der Waals surface area contributed by atoms with Gasteiger partial charge >= 0.3 is 11.9 Å². The third-order valence-electron chi connectivity index (χ3n) is 7.05.